The first-order valence-electron chi connectivity index (χ1n) is 7.13. The van der Waals surface area contributed by atoms with Gasteiger partial charge in [-0.15, -0.1) is 0 Å². The molecule has 2 fully saturated rings. The first kappa shape index (κ1) is 11.5. The third-order valence-corrected chi connectivity index (χ3v) is 4.97. The number of nitrogens with zero attached hydrogens (tertiary/aromatic N) is 1. The third kappa shape index (κ3) is 1.79. The summed E-state index contributed by atoms with van der Waals surface area (Å²) in [6, 6.07) is 8.42. The van der Waals surface area contributed by atoms with Crippen LogP contribution in [0.1, 0.15) is 24.0 Å². The van der Waals surface area contributed by atoms with E-state index < -0.39 is 0 Å². The Hall–Kier alpha value is -1.35. The molecule has 1 aliphatic heterocycles. The van der Waals surface area contributed by atoms with E-state index in [1.165, 1.54) is 11.1 Å². The van der Waals surface area contributed by atoms with Crippen LogP contribution in [0.2, 0.25) is 0 Å². The number of ether oxygens (including phenoxy) is 1. The Morgan fingerprint density at radius 1 is 1.37 bits per heavy atom. The molecular weight excluding hydrogens is 238 g/mol. The van der Waals surface area contributed by atoms with Crippen molar-refractivity contribution in [2.45, 2.75) is 32.0 Å². The van der Waals surface area contributed by atoms with Gasteiger partial charge in [0.15, 0.2) is 0 Å². The van der Waals surface area contributed by atoms with E-state index in [0.717, 1.165) is 31.7 Å². The number of carbonyl (C=O) groups excluding carboxylic acids is 1. The number of hydrogen-bond donors (Lipinski definition) is 0. The second-order valence-electron chi connectivity index (χ2n) is 6.35. The van der Waals surface area contributed by atoms with Crippen LogP contribution >= 0.6 is 0 Å². The van der Waals surface area contributed by atoms with Crippen LogP contribution in [0.15, 0.2) is 24.3 Å². The van der Waals surface area contributed by atoms with E-state index in [1.54, 1.807) is 0 Å². The zero-order chi connectivity index (χ0) is 13.0. The Kier molecular flexibility index (Phi) is 2.31. The fourth-order valence-corrected chi connectivity index (χ4v) is 3.35. The summed E-state index contributed by atoms with van der Waals surface area (Å²) in [5, 5.41) is 0. The Labute approximate surface area is 113 Å². The van der Waals surface area contributed by atoms with Gasteiger partial charge in [0.25, 0.3) is 0 Å². The van der Waals surface area contributed by atoms with Crippen molar-refractivity contribution in [3.8, 4) is 0 Å². The first-order valence-corrected chi connectivity index (χ1v) is 7.13. The van der Waals surface area contributed by atoms with Crippen molar-refractivity contribution in [2.75, 3.05) is 13.6 Å². The number of likely N-dealkylation sites (N-methyl/N-ethyl adjacent to an activating group) is 1. The van der Waals surface area contributed by atoms with Crippen LogP contribution in [0.3, 0.4) is 0 Å². The van der Waals surface area contributed by atoms with E-state index >= 15 is 0 Å². The lowest BCUT2D eigenvalue weighted by Crippen LogP contribution is -2.40. The van der Waals surface area contributed by atoms with Crippen LogP contribution in [-0.4, -0.2) is 30.5 Å². The molecule has 1 atom stereocenters. The van der Waals surface area contributed by atoms with Gasteiger partial charge >= 0.3 is 0 Å². The van der Waals surface area contributed by atoms with Crippen molar-refractivity contribution in [3.05, 3.63) is 35.4 Å². The van der Waals surface area contributed by atoms with Crippen LogP contribution in [0.25, 0.3) is 0 Å². The van der Waals surface area contributed by atoms with Crippen molar-refractivity contribution in [3.63, 3.8) is 0 Å². The van der Waals surface area contributed by atoms with Crippen LogP contribution in [0, 0.1) is 11.3 Å². The summed E-state index contributed by atoms with van der Waals surface area (Å²) in [7, 11) is 1.93. The predicted molar refractivity (Wildman–Crippen MR) is 71.5 cm³/mol. The Balaban J connectivity index is 1.40. The van der Waals surface area contributed by atoms with Gasteiger partial charge in [-0.2, -0.15) is 0 Å². The predicted octanol–water partition coefficient (Wildman–Crippen LogP) is 2.00. The third-order valence-electron chi connectivity index (χ3n) is 4.97. The highest BCUT2D eigenvalue weighted by atomic mass is 16.5. The Morgan fingerprint density at radius 2 is 2.05 bits per heavy atom. The minimum atomic E-state index is 0.0846. The summed E-state index contributed by atoms with van der Waals surface area (Å²) in [6.45, 7) is 1.40. The zero-order valence-electron chi connectivity index (χ0n) is 11.3. The molecule has 3 heteroatoms. The Morgan fingerprint density at radius 3 is 2.74 bits per heavy atom. The maximum Gasteiger partial charge on any atom is 0.228 e. The first-order chi connectivity index (χ1) is 9.19. The molecule has 2 aliphatic carbocycles. The molecule has 4 rings (SSSR count). The molecule has 0 spiro atoms. The molecule has 0 bridgehead atoms. The van der Waals surface area contributed by atoms with Crippen molar-refractivity contribution >= 4 is 5.91 Å². The van der Waals surface area contributed by atoms with Crippen molar-refractivity contribution in [2.24, 2.45) is 11.3 Å². The van der Waals surface area contributed by atoms with Gasteiger partial charge in [-0.3, -0.25) is 4.79 Å². The lowest BCUT2D eigenvalue weighted by atomic mass is 9.99. The minimum Gasteiger partial charge on any atom is -0.371 e. The van der Waals surface area contributed by atoms with Crippen LogP contribution in [0.5, 0.6) is 0 Å². The molecule has 3 aliphatic rings. The van der Waals surface area contributed by atoms with Gasteiger partial charge in [0.1, 0.15) is 0 Å². The molecule has 0 N–H and O–H groups in total. The molecule has 3 nitrogen and oxygen atoms in total. The lowest BCUT2D eigenvalue weighted by Gasteiger charge is -2.29. The van der Waals surface area contributed by atoms with Gasteiger partial charge in [0.05, 0.1) is 18.1 Å². The van der Waals surface area contributed by atoms with E-state index in [-0.39, 0.29) is 11.5 Å². The molecule has 1 unspecified atom stereocenters. The largest absolute Gasteiger partial charge is 0.371 e. The number of amides is 1. The number of fused-ring (bicyclic) bond motifs is 2. The summed E-state index contributed by atoms with van der Waals surface area (Å²) >= 11 is 0. The van der Waals surface area contributed by atoms with E-state index in [4.69, 9.17) is 4.74 Å². The summed E-state index contributed by atoms with van der Waals surface area (Å²) < 4.78 is 5.88. The standard InChI is InChI=1S/C16H19NO2/c1-17(15(18)16-7-13(16)8-16)9-14-6-11-4-2-3-5-12(11)10-19-14/h2-5,13-14H,6-10H2,1H3. The SMILES string of the molecule is CN(CC1Cc2ccccc2CO1)C(=O)C12CC1C2. The van der Waals surface area contributed by atoms with Crippen molar-refractivity contribution in [1.29, 1.82) is 0 Å². The van der Waals surface area contributed by atoms with Gasteiger partial charge < -0.3 is 9.64 Å². The monoisotopic (exact) mass is 257 g/mol. The fourth-order valence-electron chi connectivity index (χ4n) is 3.35. The molecule has 0 aromatic heterocycles. The molecule has 1 aromatic carbocycles. The minimum absolute atomic E-state index is 0.0846. The van der Waals surface area contributed by atoms with Crippen molar-refractivity contribution < 1.29 is 9.53 Å². The maximum absolute atomic E-state index is 12.3. The second-order valence-corrected chi connectivity index (χ2v) is 6.35. The van der Waals surface area contributed by atoms with Gasteiger partial charge in [-0.25, -0.2) is 0 Å². The molecular formula is C16H19NO2. The number of carbonyl (C=O) groups is 1. The normalized spacial score (nSPS) is 34.2. The molecule has 1 heterocycles. The molecule has 100 valence electrons. The number of hydrogen-bond acceptors (Lipinski definition) is 2. The molecule has 2 saturated carbocycles. The topological polar surface area (TPSA) is 29.5 Å². The highest BCUT2D eigenvalue weighted by Crippen LogP contribution is 2.75. The zero-order valence-corrected chi connectivity index (χ0v) is 11.3. The lowest BCUT2D eigenvalue weighted by molar-refractivity contribution is -0.135. The highest BCUT2D eigenvalue weighted by molar-refractivity contribution is 5.89. The van der Waals surface area contributed by atoms with Gasteiger partial charge in [-0.1, -0.05) is 24.3 Å². The quantitative estimate of drug-likeness (QED) is 0.829. The summed E-state index contributed by atoms with van der Waals surface area (Å²) in [6.07, 6.45) is 3.33. The second kappa shape index (κ2) is 3.83. The Bertz CT molecular complexity index is 533. The summed E-state index contributed by atoms with van der Waals surface area (Å²) in [5.41, 5.74) is 2.74. The van der Waals surface area contributed by atoms with Crippen LogP contribution in [0.4, 0.5) is 0 Å². The highest BCUT2D eigenvalue weighted by Gasteiger charge is 2.75. The number of rotatable bonds is 3. The van der Waals surface area contributed by atoms with Crippen molar-refractivity contribution in [1.82, 2.24) is 4.90 Å². The number of benzene rings is 1. The summed E-state index contributed by atoms with van der Waals surface area (Å²) in [5.74, 6) is 1.07. The van der Waals surface area contributed by atoms with Gasteiger partial charge in [-0.05, 0) is 29.9 Å². The van der Waals surface area contributed by atoms with Gasteiger partial charge in [0.2, 0.25) is 5.91 Å². The summed E-state index contributed by atoms with van der Waals surface area (Å²) in [4.78, 5) is 14.2. The fraction of sp³-hybridized carbons (Fsp3) is 0.562. The van der Waals surface area contributed by atoms with Crippen LogP contribution in [-0.2, 0) is 22.6 Å². The average molecular weight is 257 g/mol. The molecule has 1 amide bonds. The molecule has 1 aromatic rings. The average Bonchev–Trinajstić information content (AvgIpc) is 3.27. The van der Waals surface area contributed by atoms with Crippen LogP contribution < -0.4 is 0 Å². The van der Waals surface area contributed by atoms with E-state index in [9.17, 15) is 4.79 Å². The molecule has 19 heavy (non-hydrogen) atoms. The molecule has 0 saturated heterocycles. The maximum atomic E-state index is 12.3. The van der Waals surface area contributed by atoms with E-state index in [1.807, 2.05) is 11.9 Å². The smallest absolute Gasteiger partial charge is 0.228 e. The van der Waals surface area contributed by atoms with E-state index in [0.29, 0.717) is 12.5 Å². The van der Waals surface area contributed by atoms with Gasteiger partial charge in [0, 0.05) is 20.0 Å². The molecule has 0 radical (unpaired) electrons. The van der Waals surface area contributed by atoms with E-state index in [2.05, 4.69) is 24.3 Å².